The van der Waals surface area contributed by atoms with E-state index in [0.717, 1.165) is 0 Å². The fourth-order valence-corrected chi connectivity index (χ4v) is 3.84. The molecule has 0 saturated carbocycles. The zero-order valence-electron chi connectivity index (χ0n) is 17.8. The Bertz CT molecular complexity index is 954. The van der Waals surface area contributed by atoms with E-state index in [1.54, 1.807) is 19.2 Å². The van der Waals surface area contributed by atoms with Crippen molar-refractivity contribution in [2.24, 2.45) is 5.41 Å². The maximum absolute atomic E-state index is 13.5. The number of carbonyl (C=O) groups excluding carboxylic acids is 2. The zero-order valence-corrected chi connectivity index (χ0v) is 17.8. The van der Waals surface area contributed by atoms with Crippen molar-refractivity contribution < 1.29 is 19.1 Å². The second kappa shape index (κ2) is 8.10. The lowest BCUT2D eigenvalue weighted by Crippen LogP contribution is -2.49. The lowest BCUT2D eigenvalue weighted by atomic mass is 9.85. The lowest BCUT2D eigenvalue weighted by Gasteiger charge is -2.34. The Morgan fingerprint density at radius 2 is 2.03 bits per heavy atom. The summed E-state index contributed by atoms with van der Waals surface area (Å²) in [5, 5.41) is 20.9. The number of likely N-dealkylation sites (tertiary alicyclic amines) is 1. The van der Waals surface area contributed by atoms with E-state index in [1.165, 1.54) is 22.7 Å². The van der Waals surface area contributed by atoms with Gasteiger partial charge >= 0.3 is 0 Å². The number of nitrogens with one attached hydrogen (secondary N) is 1. The standard InChI is InChI=1S/C20H27FN6O3/c1-11-13(6-7-16(21)23-11)14-10-27(25-24-14)17(20(2,3)4)19(30)26-9-12(28)8-15(26)18(29)22-5/h6-7,10,12,15,17,28H,8-9H2,1-5H3,(H,22,29)/t12?,15-,17?/m1/s1. The molecular weight excluding hydrogens is 391 g/mol. The van der Waals surface area contributed by atoms with Crippen molar-refractivity contribution in [2.75, 3.05) is 13.6 Å². The van der Waals surface area contributed by atoms with Crippen molar-refractivity contribution in [3.63, 3.8) is 0 Å². The Morgan fingerprint density at radius 1 is 1.33 bits per heavy atom. The van der Waals surface area contributed by atoms with Gasteiger partial charge in [-0.15, -0.1) is 5.10 Å². The summed E-state index contributed by atoms with van der Waals surface area (Å²) in [5.41, 5.74) is 0.982. The number of hydrogen-bond donors (Lipinski definition) is 2. The number of β-amino-alcohol motifs (C(OH)–C–C–N with tert-alkyl or cyclic N) is 1. The molecule has 1 aliphatic rings. The van der Waals surface area contributed by atoms with Gasteiger partial charge in [0.15, 0.2) is 0 Å². The highest BCUT2D eigenvalue weighted by atomic mass is 19.1. The van der Waals surface area contributed by atoms with Gasteiger partial charge in [0, 0.05) is 25.6 Å². The number of nitrogens with zero attached hydrogens (tertiary/aromatic N) is 5. The predicted molar refractivity (Wildman–Crippen MR) is 107 cm³/mol. The van der Waals surface area contributed by atoms with Gasteiger partial charge in [-0.05, 0) is 24.5 Å². The Hall–Kier alpha value is -2.88. The highest BCUT2D eigenvalue weighted by molar-refractivity contribution is 5.90. The third-order valence-electron chi connectivity index (χ3n) is 5.27. The first-order chi connectivity index (χ1) is 14.0. The molecule has 2 unspecified atom stereocenters. The van der Waals surface area contributed by atoms with Gasteiger partial charge in [0.25, 0.3) is 0 Å². The summed E-state index contributed by atoms with van der Waals surface area (Å²) >= 11 is 0. The van der Waals surface area contributed by atoms with Crippen LogP contribution >= 0.6 is 0 Å². The molecule has 1 fully saturated rings. The van der Waals surface area contributed by atoms with E-state index in [0.29, 0.717) is 17.0 Å². The Morgan fingerprint density at radius 3 is 2.63 bits per heavy atom. The van der Waals surface area contributed by atoms with Crippen LogP contribution in [0.25, 0.3) is 11.3 Å². The minimum atomic E-state index is -0.767. The van der Waals surface area contributed by atoms with Crippen molar-refractivity contribution in [1.29, 1.82) is 0 Å². The van der Waals surface area contributed by atoms with Crippen molar-refractivity contribution in [3.8, 4) is 11.3 Å². The van der Waals surface area contributed by atoms with Gasteiger partial charge in [-0.1, -0.05) is 26.0 Å². The molecule has 1 aliphatic heterocycles. The van der Waals surface area contributed by atoms with E-state index in [4.69, 9.17) is 0 Å². The number of aliphatic hydroxyl groups excluding tert-OH is 1. The van der Waals surface area contributed by atoms with Crippen molar-refractivity contribution in [3.05, 3.63) is 30.0 Å². The Labute approximate surface area is 174 Å². The topological polar surface area (TPSA) is 113 Å². The molecular formula is C20H27FN6O3. The smallest absolute Gasteiger partial charge is 0.248 e. The maximum atomic E-state index is 13.5. The highest BCUT2D eigenvalue weighted by Gasteiger charge is 2.45. The Balaban J connectivity index is 1.97. The normalized spacial score (nSPS) is 20.3. The monoisotopic (exact) mass is 418 g/mol. The summed E-state index contributed by atoms with van der Waals surface area (Å²) in [6.07, 6.45) is 1.04. The van der Waals surface area contributed by atoms with Crippen LogP contribution in [0.1, 0.15) is 38.9 Å². The van der Waals surface area contributed by atoms with Crippen molar-refractivity contribution in [2.45, 2.75) is 52.3 Å². The number of hydrogen-bond acceptors (Lipinski definition) is 6. The minimum Gasteiger partial charge on any atom is -0.391 e. The number of carbonyl (C=O) groups is 2. The first-order valence-corrected chi connectivity index (χ1v) is 9.78. The molecule has 0 bridgehead atoms. The number of amides is 2. The molecule has 0 aliphatic carbocycles. The van der Waals surface area contributed by atoms with Crippen LogP contribution in [0.5, 0.6) is 0 Å². The van der Waals surface area contributed by atoms with Gasteiger partial charge < -0.3 is 15.3 Å². The zero-order chi connectivity index (χ0) is 22.2. The van der Waals surface area contributed by atoms with Crippen LogP contribution in [-0.2, 0) is 9.59 Å². The van der Waals surface area contributed by atoms with Crippen LogP contribution in [0.3, 0.4) is 0 Å². The van der Waals surface area contributed by atoms with Gasteiger partial charge in [0.05, 0.1) is 18.0 Å². The van der Waals surface area contributed by atoms with Crippen LogP contribution in [-0.4, -0.2) is 67.5 Å². The SMILES string of the molecule is CNC(=O)[C@H]1CC(O)CN1C(=O)C(n1cc(-c2ccc(F)nc2C)nn1)C(C)(C)C. The van der Waals surface area contributed by atoms with Gasteiger partial charge in [-0.2, -0.15) is 4.39 Å². The number of aliphatic hydroxyl groups is 1. The average Bonchev–Trinajstić information content (AvgIpc) is 3.27. The summed E-state index contributed by atoms with van der Waals surface area (Å²) in [4.78, 5) is 31.0. The van der Waals surface area contributed by atoms with Gasteiger partial charge in [0.1, 0.15) is 17.8 Å². The second-order valence-corrected chi connectivity index (χ2v) is 8.63. The molecule has 2 N–H and O–H groups in total. The third-order valence-corrected chi connectivity index (χ3v) is 5.27. The molecule has 2 aromatic rings. The fourth-order valence-electron chi connectivity index (χ4n) is 3.84. The average molecular weight is 418 g/mol. The lowest BCUT2D eigenvalue weighted by molar-refractivity contribution is -0.144. The van der Waals surface area contributed by atoms with Gasteiger partial charge in [-0.25, -0.2) is 9.67 Å². The number of halogens is 1. The molecule has 162 valence electrons. The van der Waals surface area contributed by atoms with Crippen LogP contribution in [0.4, 0.5) is 4.39 Å². The quantitative estimate of drug-likeness (QED) is 0.719. The van der Waals surface area contributed by atoms with Crippen molar-refractivity contribution >= 4 is 11.8 Å². The van der Waals surface area contributed by atoms with E-state index in [1.807, 2.05) is 20.8 Å². The first kappa shape index (κ1) is 21.8. The number of aromatic nitrogens is 4. The minimum absolute atomic E-state index is 0.0754. The summed E-state index contributed by atoms with van der Waals surface area (Å²) in [5.74, 6) is -1.22. The van der Waals surface area contributed by atoms with E-state index in [-0.39, 0.29) is 24.8 Å². The number of rotatable bonds is 4. The predicted octanol–water partition coefficient (Wildman–Crippen LogP) is 1.08. The number of pyridine rings is 1. The largest absolute Gasteiger partial charge is 0.391 e. The van der Waals surface area contributed by atoms with Crippen LogP contribution < -0.4 is 5.32 Å². The third kappa shape index (κ3) is 4.18. The van der Waals surface area contributed by atoms with E-state index >= 15 is 0 Å². The van der Waals surface area contributed by atoms with Gasteiger partial charge in [-0.3, -0.25) is 9.59 Å². The van der Waals surface area contributed by atoms with E-state index in [2.05, 4.69) is 20.6 Å². The molecule has 2 aromatic heterocycles. The molecule has 3 atom stereocenters. The molecule has 3 rings (SSSR count). The fraction of sp³-hybridized carbons (Fsp3) is 0.550. The molecule has 9 nitrogen and oxygen atoms in total. The molecule has 2 amide bonds. The number of aryl methyl sites for hydroxylation is 1. The molecule has 0 radical (unpaired) electrons. The van der Waals surface area contributed by atoms with E-state index in [9.17, 15) is 19.1 Å². The van der Waals surface area contributed by atoms with Crippen LogP contribution in [0, 0.1) is 18.3 Å². The summed E-state index contributed by atoms with van der Waals surface area (Å²) in [6.45, 7) is 7.42. The summed E-state index contributed by atoms with van der Waals surface area (Å²) < 4.78 is 14.8. The van der Waals surface area contributed by atoms with Crippen LogP contribution in [0.2, 0.25) is 0 Å². The maximum Gasteiger partial charge on any atom is 0.248 e. The summed E-state index contributed by atoms with van der Waals surface area (Å²) in [6, 6.07) is 1.31. The number of likely N-dealkylation sites (N-methyl/N-ethyl adjacent to an activating group) is 1. The van der Waals surface area contributed by atoms with Gasteiger partial charge in [0.2, 0.25) is 17.8 Å². The van der Waals surface area contributed by atoms with Crippen LogP contribution in [0.15, 0.2) is 18.3 Å². The first-order valence-electron chi connectivity index (χ1n) is 9.78. The molecule has 1 saturated heterocycles. The molecule has 3 heterocycles. The molecule has 10 heteroatoms. The second-order valence-electron chi connectivity index (χ2n) is 8.63. The van der Waals surface area contributed by atoms with Crippen molar-refractivity contribution in [1.82, 2.24) is 30.2 Å². The summed E-state index contributed by atoms with van der Waals surface area (Å²) in [7, 11) is 1.50. The Kier molecular flexibility index (Phi) is 5.89. The highest BCUT2D eigenvalue weighted by Crippen LogP contribution is 2.35. The molecule has 0 spiro atoms. The molecule has 30 heavy (non-hydrogen) atoms. The molecule has 0 aromatic carbocycles. The van der Waals surface area contributed by atoms with E-state index < -0.39 is 29.6 Å².